The third-order valence-electron chi connectivity index (χ3n) is 5.65. The Morgan fingerprint density at radius 1 is 1.14 bits per heavy atom. The van der Waals surface area contributed by atoms with Crippen molar-refractivity contribution in [2.45, 2.75) is 25.8 Å². The fourth-order valence-corrected chi connectivity index (χ4v) is 4.60. The summed E-state index contributed by atoms with van der Waals surface area (Å²) in [5.41, 5.74) is 4.87. The van der Waals surface area contributed by atoms with Gasteiger partial charge in [-0.05, 0) is 48.2 Å². The molecule has 1 aromatic heterocycles. The Morgan fingerprint density at radius 2 is 2.00 bits per heavy atom. The molecule has 1 aliphatic heterocycles. The first-order chi connectivity index (χ1) is 14.1. The van der Waals surface area contributed by atoms with E-state index in [-0.39, 0.29) is 5.92 Å². The fraction of sp³-hybridized carbons (Fsp3) is 0.333. The van der Waals surface area contributed by atoms with Crippen LogP contribution in [0.25, 0.3) is 0 Å². The van der Waals surface area contributed by atoms with Crippen molar-refractivity contribution in [1.29, 1.82) is 0 Å². The Labute approximate surface area is 177 Å². The number of rotatable bonds is 5. The van der Waals surface area contributed by atoms with Crippen molar-refractivity contribution < 1.29 is 13.9 Å². The lowest BCUT2D eigenvalue weighted by Gasteiger charge is -2.25. The van der Waals surface area contributed by atoms with E-state index in [2.05, 4.69) is 42.2 Å². The Kier molecular flexibility index (Phi) is 5.84. The minimum Gasteiger partial charge on any atom is -0.493 e. The predicted octanol–water partition coefficient (Wildman–Crippen LogP) is 5.45. The number of ether oxygens (including phenoxy) is 2. The van der Waals surface area contributed by atoms with E-state index in [4.69, 9.17) is 25.5 Å². The van der Waals surface area contributed by atoms with Crippen molar-refractivity contribution in [3.63, 3.8) is 0 Å². The maximum atomic E-state index is 6.82. The number of methoxy groups -OCH3 is 2. The van der Waals surface area contributed by atoms with Crippen molar-refractivity contribution >= 4 is 11.6 Å². The highest BCUT2D eigenvalue weighted by Crippen LogP contribution is 2.44. The Morgan fingerprint density at radius 3 is 2.69 bits per heavy atom. The molecule has 3 aromatic rings. The van der Waals surface area contributed by atoms with Crippen LogP contribution in [0, 0.1) is 6.92 Å². The molecule has 0 fully saturated rings. The number of nitrogens with zero attached hydrogens (tertiary/aromatic N) is 1. The standard InChI is InChI=1S/C24H26ClNO3/c1-16-6-4-7-17(12-16)21-15-26(14-18-8-5-11-29-18)10-9-19-20(21)13-22(27-2)24(28-3)23(19)25/h4-8,11-13,21H,9-10,14-15H2,1-3H3. The van der Waals surface area contributed by atoms with E-state index in [9.17, 15) is 0 Å². The highest BCUT2D eigenvalue weighted by molar-refractivity contribution is 6.33. The summed E-state index contributed by atoms with van der Waals surface area (Å²) in [5, 5.41) is 0.652. The molecule has 5 heteroatoms. The number of benzene rings is 2. The Balaban J connectivity index is 1.81. The third kappa shape index (κ3) is 4.00. The molecular formula is C24H26ClNO3. The molecule has 0 saturated carbocycles. The van der Waals surface area contributed by atoms with E-state index < -0.39 is 0 Å². The van der Waals surface area contributed by atoms with E-state index in [0.29, 0.717) is 16.5 Å². The lowest BCUT2D eigenvalue weighted by Crippen LogP contribution is -2.28. The molecule has 1 atom stereocenters. The van der Waals surface area contributed by atoms with Crippen LogP contribution in [0.4, 0.5) is 0 Å². The molecule has 0 N–H and O–H groups in total. The van der Waals surface area contributed by atoms with Crippen molar-refractivity contribution in [2.24, 2.45) is 0 Å². The van der Waals surface area contributed by atoms with E-state index in [1.165, 1.54) is 16.7 Å². The predicted molar refractivity (Wildman–Crippen MR) is 115 cm³/mol. The Hall–Kier alpha value is -2.43. The molecule has 0 spiro atoms. The first kappa shape index (κ1) is 19.9. The van der Waals surface area contributed by atoms with Gasteiger partial charge in [0.2, 0.25) is 0 Å². The van der Waals surface area contributed by atoms with Crippen molar-refractivity contribution in [3.05, 3.63) is 81.8 Å². The molecule has 2 aromatic carbocycles. The summed E-state index contributed by atoms with van der Waals surface area (Å²) in [7, 11) is 3.29. The van der Waals surface area contributed by atoms with Crippen molar-refractivity contribution in [2.75, 3.05) is 27.3 Å². The molecule has 4 rings (SSSR count). The molecule has 0 saturated heterocycles. The van der Waals surface area contributed by atoms with Crippen LogP contribution in [-0.4, -0.2) is 32.2 Å². The largest absolute Gasteiger partial charge is 0.493 e. The molecule has 1 unspecified atom stereocenters. The summed E-state index contributed by atoms with van der Waals surface area (Å²) in [6, 6.07) is 14.8. The highest BCUT2D eigenvalue weighted by atomic mass is 35.5. The quantitative estimate of drug-likeness (QED) is 0.559. The molecule has 2 heterocycles. The molecule has 29 heavy (non-hydrogen) atoms. The van der Waals surface area contributed by atoms with Crippen LogP contribution in [-0.2, 0) is 13.0 Å². The van der Waals surface area contributed by atoms with Crippen LogP contribution in [0.1, 0.15) is 33.9 Å². The minimum atomic E-state index is 0.180. The summed E-state index contributed by atoms with van der Waals surface area (Å²) in [4.78, 5) is 2.43. The number of hydrogen-bond donors (Lipinski definition) is 0. The molecular weight excluding hydrogens is 386 g/mol. The smallest absolute Gasteiger partial charge is 0.179 e. The van der Waals surface area contributed by atoms with Gasteiger partial charge in [0.15, 0.2) is 11.5 Å². The zero-order valence-electron chi connectivity index (χ0n) is 17.1. The van der Waals surface area contributed by atoms with Gasteiger partial charge in [-0.3, -0.25) is 4.90 Å². The molecule has 0 aliphatic carbocycles. The van der Waals surface area contributed by atoms with E-state index in [1.54, 1.807) is 20.5 Å². The van der Waals surface area contributed by atoms with Crippen LogP contribution in [0.3, 0.4) is 0 Å². The van der Waals surface area contributed by atoms with Crippen LogP contribution < -0.4 is 9.47 Å². The number of aryl methyl sites for hydroxylation is 1. The third-order valence-corrected chi connectivity index (χ3v) is 6.05. The molecule has 0 amide bonds. The number of halogens is 1. The van der Waals surface area contributed by atoms with Crippen LogP contribution in [0.2, 0.25) is 5.02 Å². The Bertz CT molecular complexity index is 984. The summed E-state index contributed by atoms with van der Waals surface area (Å²) < 4.78 is 16.8. The molecule has 1 aliphatic rings. The van der Waals surface area contributed by atoms with Crippen LogP contribution in [0.5, 0.6) is 11.5 Å². The molecule has 0 bridgehead atoms. The second-order valence-corrected chi connectivity index (χ2v) is 7.90. The van der Waals surface area contributed by atoms with Crippen LogP contribution in [0.15, 0.2) is 53.1 Å². The van der Waals surface area contributed by atoms with Gasteiger partial charge in [-0.25, -0.2) is 0 Å². The van der Waals surface area contributed by atoms with Gasteiger partial charge in [0.05, 0.1) is 32.1 Å². The van der Waals surface area contributed by atoms with E-state index >= 15 is 0 Å². The van der Waals surface area contributed by atoms with Gasteiger partial charge in [-0.1, -0.05) is 41.4 Å². The first-order valence-electron chi connectivity index (χ1n) is 9.85. The van der Waals surface area contributed by atoms with Gasteiger partial charge in [0.25, 0.3) is 0 Å². The summed E-state index contributed by atoms with van der Waals surface area (Å²) in [6.45, 7) is 4.67. The number of hydrogen-bond acceptors (Lipinski definition) is 4. The summed E-state index contributed by atoms with van der Waals surface area (Å²) in [6.07, 6.45) is 2.57. The molecule has 152 valence electrons. The van der Waals surface area contributed by atoms with Crippen molar-refractivity contribution in [1.82, 2.24) is 4.90 Å². The maximum absolute atomic E-state index is 6.82. The summed E-state index contributed by atoms with van der Waals surface area (Å²) in [5.74, 6) is 2.43. The average Bonchev–Trinajstić information content (AvgIpc) is 3.16. The van der Waals surface area contributed by atoms with Gasteiger partial charge < -0.3 is 13.9 Å². The van der Waals surface area contributed by atoms with Crippen molar-refractivity contribution in [3.8, 4) is 11.5 Å². The first-order valence-corrected chi connectivity index (χ1v) is 10.2. The van der Waals surface area contributed by atoms with E-state index in [0.717, 1.165) is 37.4 Å². The number of furan rings is 1. The monoisotopic (exact) mass is 411 g/mol. The van der Waals surface area contributed by atoms with Gasteiger partial charge in [-0.2, -0.15) is 0 Å². The normalized spacial score (nSPS) is 16.9. The van der Waals surface area contributed by atoms with Gasteiger partial charge in [0.1, 0.15) is 5.76 Å². The number of fused-ring (bicyclic) bond motifs is 1. The lowest BCUT2D eigenvalue weighted by molar-refractivity contribution is 0.246. The highest BCUT2D eigenvalue weighted by Gasteiger charge is 2.29. The minimum absolute atomic E-state index is 0.180. The molecule has 0 radical (unpaired) electrons. The van der Waals surface area contributed by atoms with Gasteiger partial charge in [0, 0.05) is 19.0 Å². The average molecular weight is 412 g/mol. The maximum Gasteiger partial charge on any atom is 0.179 e. The second kappa shape index (κ2) is 8.52. The van der Waals surface area contributed by atoms with Crippen LogP contribution >= 0.6 is 11.6 Å². The topological polar surface area (TPSA) is 34.8 Å². The lowest BCUT2D eigenvalue weighted by atomic mass is 9.87. The van der Waals surface area contributed by atoms with Gasteiger partial charge >= 0.3 is 0 Å². The summed E-state index contributed by atoms with van der Waals surface area (Å²) >= 11 is 6.82. The SMILES string of the molecule is COc1cc2c(c(Cl)c1OC)CCN(Cc1ccco1)CC2c1cccc(C)c1. The zero-order valence-corrected chi connectivity index (χ0v) is 17.8. The second-order valence-electron chi connectivity index (χ2n) is 7.53. The van der Waals surface area contributed by atoms with E-state index in [1.807, 2.05) is 12.1 Å². The molecule has 4 nitrogen and oxygen atoms in total. The van der Waals surface area contributed by atoms with Gasteiger partial charge in [-0.15, -0.1) is 0 Å². The zero-order chi connectivity index (χ0) is 20.4. The fourth-order valence-electron chi connectivity index (χ4n) is 4.23.